The SMILES string of the molecule is N#Cc1cccnc1NCC1CCN(Cc2nc3ccccc3s2)C1. The van der Waals surface area contributed by atoms with Gasteiger partial charge in [0.2, 0.25) is 0 Å². The highest BCUT2D eigenvalue weighted by Gasteiger charge is 2.23. The number of thiazole rings is 1. The highest BCUT2D eigenvalue weighted by molar-refractivity contribution is 7.18. The highest BCUT2D eigenvalue weighted by Crippen LogP contribution is 2.25. The van der Waals surface area contributed by atoms with Crippen molar-refractivity contribution >= 4 is 27.4 Å². The fourth-order valence-electron chi connectivity index (χ4n) is 3.28. The lowest BCUT2D eigenvalue weighted by atomic mass is 10.1. The third-order valence-electron chi connectivity index (χ3n) is 4.55. The van der Waals surface area contributed by atoms with Gasteiger partial charge in [0.15, 0.2) is 0 Å². The number of anilines is 1. The Bertz CT molecular complexity index is 880. The molecule has 4 rings (SSSR count). The molecule has 1 atom stereocenters. The van der Waals surface area contributed by atoms with Crippen molar-refractivity contribution in [2.24, 2.45) is 5.92 Å². The molecule has 25 heavy (non-hydrogen) atoms. The van der Waals surface area contributed by atoms with Gasteiger partial charge in [0.05, 0.1) is 22.3 Å². The van der Waals surface area contributed by atoms with Crippen LogP contribution in [-0.2, 0) is 6.54 Å². The summed E-state index contributed by atoms with van der Waals surface area (Å²) in [5.74, 6) is 1.26. The van der Waals surface area contributed by atoms with E-state index in [1.54, 1.807) is 29.7 Å². The van der Waals surface area contributed by atoms with E-state index in [2.05, 4.69) is 39.5 Å². The maximum atomic E-state index is 9.13. The molecule has 1 N–H and O–H groups in total. The van der Waals surface area contributed by atoms with Crippen LogP contribution < -0.4 is 5.32 Å². The second-order valence-corrected chi connectivity index (χ2v) is 7.47. The zero-order chi connectivity index (χ0) is 17.1. The van der Waals surface area contributed by atoms with Crippen molar-refractivity contribution in [3.05, 3.63) is 53.2 Å². The molecule has 1 saturated heterocycles. The molecule has 2 aromatic heterocycles. The van der Waals surface area contributed by atoms with Gasteiger partial charge in [-0.2, -0.15) is 5.26 Å². The number of nitrogens with one attached hydrogen (secondary N) is 1. The molecule has 0 amide bonds. The second kappa shape index (κ2) is 7.18. The standard InChI is InChI=1S/C19H19N5S/c20-10-15-4-3-8-21-19(15)22-11-14-7-9-24(12-14)13-18-23-16-5-1-2-6-17(16)25-18/h1-6,8,14H,7,9,11-13H2,(H,21,22). The summed E-state index contributed by atoms with van der Waals surface area (Å²) in [4.78, 5) is 11.5. The summed E-state index contributed by atoms with van der Waals surface area (Å²) >= 11 is 1.79. The van der Waals surface area contributed by atoms with Crippen LogP contribution >= 0.6 is 11.3 Å². The molecule has 0 radical (unpaired) electrons. The Kier molecular flexibility index (Phi) is 4.59. The van der Waals surface area contributed by atoms with Crippen LogP contribution in [0.5, 0.6) is 0 Å². The summed E-state index contributed by atoms with van der Waals surface area (Å²) in [7, 11) is 0. The van der Waals surface area contributed by atoms with Gasteiger partial charge in [0.25, 0.3) is 0 Å². The van der Waals surface area contributed by atoms with Crippen LogP contribution in [0.4, 0.5) is 5.82 Å². The van der Waals surface area contributed by atoms with Crippen molar-refractivity contribution in [3.63, 3.8) is 0 Å². The molecule has 6 heteroatoms. The third kappa shape index (κ3) is 3.63. The molecule has 1 fully saturated rings. The van der Waals surface area contributed by atoms with Crippen LogP contribution in [0.25, 0.3) is 10.2 Å². The molecule has 1 aliphatic rings. The van der Waals surface area contributed by atoms with E-state index in [-0.39, 0.29) is 0 Å². The van der Waals surface area contributed by atoms with Gasteiger partial charge < -0.3 is 5.32 Å². The first-order valence-electron chi connectivity index (χ1n) is 8.47. The van der Waals surface area contributed by atoms with E-state index >= 15 is 0 Å². The number of para-hydroxylation sites is 1. The van der Waals surface area contributed by atoms with Gasteiger partial charge in [-0.05, 0) is 43.1 Å². The van der Waals surface area contributed by atoms with Gasteiger partial charge in [-0.3, -0.25) is 4.90 Å². The fraction of sp³-hybridized carbons (Fsp3) is 0.316. The van der Waals surface area contributed by atoms with Crippen molar-refractivity contribution in [1.82, 2.24) is 14.9 Å². The molecule has 0 spiro atoms. The average molecular weight is 349 g/mol. The molecule has 1 aliphatic heterocycles. The zero-order valence-corrected chi connectivity index (χ0v) is 14.7. The smallest absolute Gasteiger partial charge is 0.143 e. The Balaban J connectivity index is 1.33. The van der Waals surface area contributed by atoms with Crippen LogP contribution in [-0.4, -0.2) is 34.5 Å². The first kappa shape index (κ1) is 16.0. The maximum Gasteiger partial charge on any atom is 0.143 e. The first-order chi connectivity index (χ1) is 12.3. The third-order valence-corrected chi connectivity index (χ3v) is 5.57. The minimum atomic E-state index is 0.572. The van der Waals surface area contributed by atoms with Crippen LogP contribution in [0.3, 0.4) is 0 Å². The summed E-state index contributed by atoms with van der Waals surface area (Å²) in [5, 5.41) is 13.7. The van der Waals surface area contributed by atoms with E-state index in [0.717, 1.165) is 38.1 Å². The van der Waals surface area contributed by atoms with Crippen molar-refractivity contribution in [2.75, 3.05) is 25.0 Å². The Labute approximate surface area is 151 Å². The van der Waals surface area contributed by atoms with E-state index in [9.17, 15) is 0 Å². The summed E-state index contributed by atoms with van der Waals surface area (Å²) < 4.78 is 1.26. The van der Waals surface area contributed by atoms with Gasteiger partial charge in [-0.25, -0.2) is 9.97 Å². The van der Waals surface area contributed by atoms with Crippen LogP contribution in [0, 0.1) is 17.2 Å². The highest BCUT2D eigenvalue weighted by atomic mass is 32.1. The number of benzene rings is 1. The molecule has 1 aromatic carbocycles. The molecule has 3 heterocycles. The number of fused-ring (bicyclic) bond motifs is 1. The Morgan fingerprint density at radius 3 is 3.08 bits per heavy atom. The minimum absolute atomic E-state index is 0.572. The number of pyridine rings is 1. The Hall–Kier alpha value is -2.49. The number of hydrogen-bond acceptors (Lipinski definition) is 6. The molecule has 126 valence electrons. The Morgan fingerprint density at radius 1 is 1.28 bits per heavy atom. The lowest BCUT2D eigenvalue weighted by Crippen LogP contribution is -2.23. The van der Waals surface area contributed by atoms with Crippen LogP contribution in [0.1, 0.15) is 17.0 Å². The molecule has 0 aliphatic carbocycles. The molecule has 0 saturated carbocycles. The average Bonchev–Trinajstić information content (AvgIpc) is 3.26. The lowest BCUT2D eigenvalue weighted by molar-refractivity contribution is 0.318. The van der Waals surface area contributed by atoms with Crippen molar-refractivity contribution < 1.29 is 0 Å². The van der Waals surface area contributed by atoms with Crippen LogP contribution in [0.15, 0.2) is 42.6 Å². The summed E-state index contributed by atoms with van der Waals surface area (Å²) in [5.41, 5.74) is 1.70. The summed E-state index contributed by atoms with van der Waals surface area (Å²) in [6, 6.07) is 14.1. The fourth-order valence-corrected chi connectivity index (χ4v) is 4.29. The van der Waals surface area contributed by atoms with Crippen molar-refractivity contribution in [3.8, 4) is 6.07 Å². The number of nitrogens with zero attached hydrogens (tertiary/aromatic N) is 4. The van der Waals surface area contributed by atoms with Gasteiger partial charge in [0, 0.05) is 19.3 Å². The summed E-state index contributed by atoms with van der Waals surface area (Å²) in [6.45, 7) is 3.91. The number of hydrogen-bond donors (Lipinski definition) is 1. The van der Waals surface area contributed by atoms with Gasteiger partial charge in [0.1, 0.15) is 16.9 Å². The lowest BCUT2D eigenvalue weighted by Gasteiger charge is -2.15. The second-order valence-electron chi connectivity index (χ2n) is 6.36. The molecule has 5 nitrogen and oxygen atoms in total. The molecule has 3 aromatic rings. The van der Waals surface area contributed by atoms with E-state index in [4.69, 9.17) is 10.2 Å². The number of likely N-dealkylation sites (tertiary alicyclic amines) is 1. The van der Waals surface area contributed by atoms with E-state index in [1.165, 1.54) is 9.71 Å². The topological polar surface area (TPSA) is 64.8 Å². The maximum absolute atomic E-state index is 9.13. The number of rotatable bonds is 5. The van der Waals surface area contributed by atoms with Crippen LogP contribution in [0.2, 0.25) is 0 Å². The Morgan fingerprint density at radius 2 is 2.20 bits per heavy atom. The predicted molar refractivity (Wildman–Crippen MR) is 100 cm³/mol. The zero-order valence-electron chi connectivity index (χ0n) is 13.9. The van der Waals surface area contributed by atoms with Gasteiger partial charge in [-0.15, -0.1) is 11.3 Å². The molecular weight excluding hydrogens is 330 g/mol. The predicted octanol–water partition coefficient (Wildman–Crippen LogP) is 3.50. The van der Waals surface area contributed by atoms with Crippen molar-refractivity contribution in [2.45, 2.75) is 13.0 Å². The minimum Gasteiger partial charge on any atom is -0.369 e. The largest absolute Gasteiger partial charge is 0.369 e. The number of aromatic nitrogens is 2. The van der Waals surface area contributed by atoms with Gasteiger partial charge in [-0.1, -0.05) is 12.1 Å². The van der Waals surface area contributed by atoms with Crippen molar-refractivity contribution in [1.29, 1.82) is 5.26 Å². The summed E-state index contributed by atoms with van der Waals surface area (Å²) in [6.07, 6.45) is 2.88. The first-order valence-corrected chi connectivity index (χ1v) is 9.29. The van der Waals surface area contributed by atoms with E-state index in [1.807, 2.05) is 6.07 Å². The normalized spacial score (nSPS) is 17.6. The molecule has 1 unspecified atom stereocenters. The van der Waals surface area contributed by atoms with Gasteiger partial charge >= 0.3 is 0 Å². The monoisotopic (exact) mass is 349 g/mol. The molecule has 0 bridgehead atoms. The number of nitriles is 1. The molecular formula is C19H19N5S. The van der Waals surface area contributed by atoms with E-state index < -0.39 is 0 Å². The quantitative estimate of drug-likeness (QED) is 0.764. The van der Waals surface area contributed by atoms with E-state index in [0.29, 0.717) is 17.3 Å².